The van der Waals surface area contributed by atoms with E-state index in [2.05, 4.69) is 15.5 Å². The van der Waals surface area contributed by atoms with Gasteiger partial charge >= 0.3 is 0 Å². The molecule has 0 fully saturated rings. The molecular weight excluding hydrogens is 230 g/mol. The molecule has 0 saturated heterocycles. The predicted octanol–water partition coefficient (Wildman–Crippen LogP) is 1.74. The number of benzene rings is 1. The van der Waals surface area contributed by atoms with Crippen molar-refractivity contribution in [3.8, 4) is 5.75 Å². The fourth-order valence-electron chi connectivity index (χ4n) is 2.16. The number of oxime groups is 1. The zero-order chi connectivity index (χ0) is 12.4. The van der Waals surface area contributed by atoms with Crippen molar-refractivity contribution in [2.45, 2.75) is 19.1 Å². The van der Waals surface area contributed by atoms with Gasteiger partial charge in [-0.15, -0.1) is 0 Å². The zero-order valence-electron chi connectivity index (χ0n) is 9.89. The Morgan fingerprint density at radius 1 is 1.50 bits per heavy atom. The highest BCUT2D eigenvalue weighted by Gasteiger charge is 2.12. The molecule has 0 spiro atoms. The molecule has 1 aromatic heterocycles. The molecule has 3 rings (SSSR count). The predicted molar refractivity (Wildman–Crippen MR) is 69.7 cm³/mol. The monoisotopic (exact) mass is 245 g/mol. The van der Waals surface area contributed by atoms with Crippen LogP contribution in [-0.4, -0.2) is 29.1 Å². The van der Waals surface area contributed by atoms with Crippen molar-refractivity contribution >= 4 is 17.1 Å². The van der Waals surface area contributed by atoms with E-state index in [9.17, 15) is 5.11 Å². The largest absolute Gasteiger partial charge is 0.508 e. The SMILES string of the molecule is Oc1ccc2[nH]cc(CCNC3CC=NO3)c2c1. The number of nitrogens with one attached hydrogen (secondary N) is 2. The van der Waals surface area contributed by atoms with E-state index < -0.39 is 0 Å². The Hall–Kier alpha value is -2.01. The van der Waals surface area contributed by atoms with Crippen molar-refractivity contribution in [3.63, 3.8) is 0 Å². The molecule has 1 unspecified atom stereocenters. The van der Waals surface area contributed by atoms with E-state index in [1.54, 1.807) is 18.3 Å². The van der Waals surface area contributed by atoms with Gasteiger partial charge in [-0.1, -0.05) is 5.16 Å². The van der Waals surface area contributed by atoms with Crippen molar-refractivity contribution in [3.05, 3.63) is 30.0 Å². The van der Waals surface area contributed by atoms with Crippen LogP contribution in [0.25, 0.3) is 10.9 Å². The highest BCUT2D eigenvalue weighted by molar-refractivity contribution is 5.84. The van der Waals surface area contributed by atoms with E-state index in [1.165, 1.54) is 5.56 Å². The molecule has 1 aromatic carbocycles. The second-order valence-corrected chi connectivity index (χ2v) is 4.37. The van der Waals surface area contributed by atoms with Gasteiger partial charge in [-0.2, -0.15) is 0 Å². The van der Waals surface area contributed by atoms with Gasteiger partial charge in [0.15, 0.2) is 6.23 Å². The molecule has 0 saturated carbocycles. The van der Waals surface area contributed by atoms with Crippen LogP contribution in [-0.2, 0) is 11.3 Å². The van der Waals surface area contributed by atoms with Crippen LogP contribution in [0.2, 0.25) is 0 Å². The van der Waals surface area contributed by atoms with Crippen molar-refractivity contribution in [2.75, 3.05) is 6.54 Å². The van der Waals surface area contributed by atoms with E-state index in [-0.39, 0.29) is 6.23 Å². The summed E-state index contributed by atoms with van der Waals surface area (Å²) in [6.45, 7) is 0.816. The summed E-state index contributed by atoms with van der Waals surface area (Å²) in [5.74, 6) is 0.295. The van der Waals surface area contributed by atoms with Gasteiger partial charge in [0.25, 0.3) is 0 Å². The van der Waals surface area contributed by atoms with Gasteiger partial charge in [-0.05, 0) is 30.2 Å². The van der Waals surface area contributed by atoms with Gasteiger partial charge < -0.3 is 14.9 Å². The molecular formula is C13H15N3O2. The highest BCUT2D eigenvalue weighted by Crippen LogP contribution is 2.23. The normalized spacial score (nSPS) is 18.3. The fraction of sp³-hybridized carbons (Fsp3) is 0.308. The van der Waals surface area contributed by atoms with Crippen LogP contribution in [0.1, 0.15) is 12.0 Å². The van der Waals surface area contributed by atoms with Crippen LogP contribution >= 0.6 is 0 Å². The third kappa shape index (κ3) is 2.17. The number of nitrogens with zero attached hydrogens (tertiary/aromatic N) is 1. The Labute approximate surface area is 104 Å². The molecule has 0 aliphatic carbocycles. The first kappa shape index (κ1) is 11.1. The topological polar surface area (TPSA) is 69.6 Å². The highest BCUT2D eigenvalue weighted by atomic mass is 16.7. The van der Waals surface area contributed by atoms with Crippen molar-refractivity contribution < 1.29 is 9.94 Å². The van der Waals surface area contributed by atoms with Crippen LogP contribution in [0.5, 0.6) is 5.75 Å². The summed E-state index contributed by atoms with van der Waals surface area (Å²) in [6.07, 6.45) is 5.44. The molecule has 94 valence electrons. The number of aromatic amines is 1. The number of rotatable bonds is 4. The molecule has 5 heteroatoms. The van der Waals surface area contributed by atoms with E-state index in [0.29, 0.717) is 5.75 Å². The lowest BCUT2D eigenvalue weighted by molar-refractivity contribution is 0.0606. The lowest BCUT2D eigenvalue weighted by Gasteiger charge is -2.09. The zero-order valence-corrected chi connectivity index (χ0v) is 9.89. The van der Waals surface area contributed by atoms with Crippen molar-refractivity contribution in [1.29, 1.82) is 0 Å². The van der Waals surface area contributed by atoms with Gasteiger partial charge in [0.05, 0.1) is 0 Å². The van der Waals surface area contributed by atoms with Crippen LogP contribution in [0.3, 0.4) is 0 Å². The standard InChI is InChI=1S/C13H15N3O2/c17-10-1-2-12-11(7-10)9(8-15-12)3-5-14-13-4-6-16-18-13/h1-2,6-8,13-15,17H,3-5H2. The van der Waals surface area contributed by atoms with Gasteiger partial charge in [-0.25, -0.2) is 0 Å². The second-order valence-electron chi connectivity index (χ2n) is 4.37. The van der Waals surface area contributed by atoms with E-state index >= 15 is 0 Å². The fourth-order valence-corrected chi connectivity index (χ4v) is 2.16. The smallest absolute Gasteiger partial charge is 0.183 e. The lowest BCUT2D eigenvalue weighted by Crippen LogP contribution is -2.30. The number of phenols is 1. The van der Waals surface area contributed by atoms with Gasteiger partial charge in [0.2, 0.25) is 0 Å². The maximum Gasteiger partial charge on any atom is 0.183 e. The van der Waals surface area contributed by atoms with Crippen LogP contribution in [0, 0.1) is 0 Å². The molecule has 2 aromatic rings. The summed E-state index contributed by atoms with van der Waals surface area (Å²) in [4.78, 5) is 8.29. The quantitative estimate of drug-likeness (QED) is 0.768. The van der Waals surface area contributed by atoms with Gasteiger partial charge in [-0.3, -0.25) is 5.32 Å². The summed E-state index contributed by atoms with van der Waals surface area (Å²) in [6, 6.07) is 5.36. The summed E-state index contributed by atoms with van der Waals surface area (Å²) in [7, 11) is 0. The van der Waals surface area contributed by atoms with Crippen LogP contribution in [0.4, 0.5) is 0 Å². The minimum absolute atomic E-state index is 0.00334. The van der Waals surface area contributed by atoms with Crippen molar-refractivity contribution in [1.82, 2.24) is 10.3 Å². The molecule has 0 amide bonds. The molecule has 0 bridgehead atoms. The number of hydrogen-bond acceptors (Lipinski definition) is 4. The average molecular weight is 245 g/mol. The molecule has 3 N–H and O–H groups in total. The lowest BCUT2D eigenvalue weighted by atomic mass is 10.1. The van der Waals surface area contributed by atoms with E-state index in [4.69, 9.17) is 4.84 Å². The second kappa shape index (κ2) is 4.70. The summed E-state index contributed by atoms with van der Waals surface area (Å²) >= 11 is 0. The van der Waals surface area contributed by atoms with Gasteiger partial charge in [0, 0.05) is 36.3 Å². The third-order valence-corrected chi connectivity index (χ3v) is 3.10. The maximum atomic E-state index is 9.51. The minimum atomic E-state index is 0.00334. The molecule has 18 heavy (non-hydrogen) atoms. The first-order valence-corrected chi connectivity index (χ1v) is 6.03. The Kier molecular flexibility index (Phi) is 2.90. The summed E-state index contributed by atoms with van der Waals surface area (Å²) < 4.78 is 0. The summed E-state index contributed by atoms with van der Waals surface area (Å²) in [5, 5.41) is 17.6. The number of aromatic nitrogens is 1. The number of fused-ring (bicyclic) bond motifs is 1. The molecule has 5 nitrogen and oxygen atoms in total. The number of aromatic hydroxyl groups is 1. The Morgan fingerprint density at radius 2 is 2.44 bits per heavy atom. The maximum absolute atomic E-state index is 9.51. The molecule has 1 aliphatic heterocycles. The number of hydrogen-bond donors (Lipinski definition) is 3. The molecule has 0 radical (unpaired) electrons. The van der Waals surface area contributed by atoms with Crippen LogP contribution in [0.15, 0.2) is 29.6 Å². The Morgan fingerprint density at radius 3 is 3.28 bits per heavy atom. The molecule has 1 aliphatic rings. The third-order valence-electron chi connectivity index (χ3n) is 3.10. The molecule has 1 atom stereocenters. The number of phenolic OH excluding ortho intramolecular Hbond substituents is 1. The van der Waals surface area contributed by atoms with Crippen molar-refractivity contribution in [2.24, 2.45) is 5.16 Å². The first-order chi connectivity index (χ1) is 8.83. The number of H-pyrrole nitrogens is 1. The molecule has 2 heterocycles. The minimum Gasteiger partial charge on any atom is -0.508 e. The average Bonchev–Trinajstić information content (AvgIpc) is 2.99. The van der Waals surface area contributed by atoms with Gasteiger partial charge in [0.1, 0.15) is 5.75 Å². The van der Waals surface area contributed by atoms with E-state index in [0.717, 1.165) is 30.3 Å². The first-order valence-electron chi connectivity index (χ1n) is 6.03. The Balaban J connectivity index is 1.65. The summed E-state index contributed by atoms with van der Waals surface area (Å²) in [5.41, 5.74) is 2.23. The van der Waals surface area contributed by atoms with Crippen LogP contribution < -0.4 is 5.32 Å². The van der Waals surface area contributed by atoms with E-state index in [1.807, 2.05) is 12.3 Å². The Bertz CT molecular complexity index is 569.